The van der Waals surface area contributed by atoms with Crippen LogP contribution >= 0.6 is 11.3 Å². The van der Waals surface area contributed by atoms with Crippen LogP contribution in [0.25, 0.3) is 20.8 Å². The fourth-order valence-electron chi connectivity index (χ4n) is 5.19. The Labute approximate surface area is 174 Å². The number of para-hydroxylation sites is 1. The molecule has 29 heavy (non-hydrogen) atoms. The number of benzene rings is 2. The average molecular weight is 412 g/mol. The van der Waals surface area contributed by atoms with Gasteiger partial charge in [-0.1, -0.05) is 46.8 Å². The summed E-state index contributed by atoms with van der Waals surface area (Å²) in [6.45, 7) is 11.2. The second-order valence-electron chi connectivity index (χ2n) is 9.60. The van der Waals surface area contributed by atoms with Gasteiger partial charge in [-0.15, -0.1) is 11.3 Å². The predicted molar refractivity (Wildman–Crippen MR) is 112 cm³/mol. The Morgan fingerprint density at radius 3 is 2.48 bits per heavy atom. The highest BCUT2D eigenvalue weighted by molar-refractivity contribution is 7.21. The second-order valence-corrected chi connectivity index (χ2v) is 10.6. The maximum atomic E-state index is 10.4. The Morgan fingerprint density at radius 2 is 1.83 bits per heavy atom. The molecule has 3 heterocycles. The Kier molecular flexibility index (Phi) is 3.79. The SMILES string of the molecule is CC(C)(C)C12OOC1(c1cc(O)ccc1-c1nc3ccccc3s1)OCC2(C)C. The van der Waals surface area contributed by atoms with Gasteiger partial charge in [-0.2, -0.15) is 4.89 Å². The summed E-state index contributed by atoms with van der Waals surface area (Å²) in [5.41, 5.74) is 1.31. The van der Waals surface area contributed by atoms with E-state index in [9.17, 15) is 5.11 Å². The molecule has 152 valence electrons. The second kappa shape index (κ2) is 5.79. The number of nitrogens with zero attached hydrogens (tertiary/aromatic N) is 1. The van der Waals surface area contributed by atoms with E-state index in [4.69, 9.17) is 19.5 Å². The van der Waals surface area contributed by atoms with Crippen LogP contribution in [0.5, 0.6) is 5.75 Å². The molecule has 2 unspecified atom stereocenters. The van der Waals surface area contributed by atoms with Crippen molar-refractivity contribution >= 4 is 21.6 Å². The van der Waals surface area contributed by atoms with Gasteiger partial charge in [0.15, 0.2) is 5.60 Å². The van der Waals surface area contributed by atoms with Crippen molar-refractivity contribution in [2.45, 2.75) is 46.0 Å². The van der Waals surface area contributed by atoms with Crippen molar-refractivity contribution in [2.75, 3.05) is 6.61 Å². The number of phenolic OH excluding ortho intramolecular Hbond substituents is 1. The molecule has 3 aromatic rings. The summed E-state index contributed by atoms with van der Waals surface area (Å²) < 4.78 is 7.49. The van der Waals surface area contributed by atoms with E-state index in [1.807, 2.05) is 24.3 Å². The van der Waals surface area contributed by atoms with Gasteiger partial charge in [0.2, 0.25) is 0 Å². The maximum absolute atomic E-state index is 10.4. The Bertz CT molecular complexity index is 1080. The molecular weight excluding hydrogens is 386 g/mol. The van der Waals surface area contributed by atoms with Crippen LogP contribution in [0.15, 0.2) is 42.5 Å². The first-order valence-corrected chi connectivity index (χ1v) is 10.6. The zero-order valence-electron chi connectivity index (χ0n) is 17.3. The third kappa shape index (κ3) is 2.28. The Balaban J connectivity index is 1.76. The van der Waals surface area contributed by atoms with Gasteiger partial charge in [-0.3, -0.25) is 0 Å². The lowest BCUT2D eigenvalue weighted by Gasteiger charge is -2.61. The highest BCUT2D eigenvalue weighted by Gasteiger charge is 2.81. The number of rotatable bonds is 2. The van der Waals surface area contributed by atoms with E-state index in [2.05, 4.69) is 40.7 Å². The van der Waals surface area contributed by atoms with Crippen molar-refractivity contribution in [3.8, 4) is 16.3 Å². The van der Waals surface area contributed by atoms with Gasteiger partial charge in [-0.25, -0.2) is 9.87 Å². The Morgan fingerprint density at radius 1 is 1.07 bits per heavy atom. The lowest BCUT2D eigenvalue weighted by Crippen LogP contribution is -2.73. The van der Waals surface area contributed by atoms with Gasteiger partial charge < -0.3 is 9.84 Å². The van der Waals surface area contributed by atoms with Gasteiger partial charge in [0.1, 0.15) is 10.8 Å². The molecule has 2 atom stereocenters. The highest BCUT2D eigenvalue weighted by Crippen LogP contribution is 2.70. The molecule has 5 rings (SSSR count). The molecule has 5 nitrogen and oxygen atoms in total. The van der Waals surface area contributed by atoms with Crippen molar-refractivity contribution in [1.29, 1.82) is 0 Å². The Hall–Kier alpha value is -1.99. The third-order valence-corrected chi connectivity index (χ3v) is 7.34. The number of aromatic hydroxyl groups is 1. The van der Waals surface area contributed by atoms with Crippen LogP contribution in [-0.2, 0) is 20.3 Å². The number of phenols is 1. The number of fused-ring (bicyclic) bond motifs is 2. The maximum Gasteiger partial charge on any atom is 0.262 e. The monoisotopic (exact) mass is 411 g/mol. The van der Waals surface area contributed by atoms with Crippen molar-refractivity contribution in [3.63, 3.8) is 0 Å². The lowest BCUT2D eigenvalue weighted by atomic mass is 9.57. The van der Waals surface area contributed by atoms with Crippen LogP contribution in [0.2, 0.25) is 0 Å². The van der Waals surface area contributed by atoms with Crippen molar-refractivity contribution in [2.24, 2.45) is 10.8 Å². The molecule has 0 aliphatic carbocycles. The van der Waals surface area contributed by atoms with Crippen LogP contribution in [0.3, 0.4) is 0 Å². The molecule has 1 N–H and O–H groups in total. The van der Waals surface area contributed by atoms with E-state index in [0.29, 0.717) is 6.61 Å². The molecule has 6 heteroatoms. The van der Waals surface area contributed by atoms with Gasteiger partial charge >= 0.3 is 0 Å². The van der Waals surface area contributed by atoms with Crippen molar-refractivity contribution in [3.05, 3.63) is 48.0 Å². The first-order valence-electron chi connectivity index (χ1n) is 9.82. The van der Waals surface area contributed by atoms with Gasteiger partial charge in [0, 0.05) is 22.0 Å². The third-order valence-electron chi connectivity index (χ3n) is 6.28. The fraction of sp³-hybridized carbons (Fsp3) is 0.435. The molecular formula is C23H25NO4S. The minimum absolute atomic E-state index is 0.158. The number of ether oxygens (including phenoxy) is 1. The summed E-state index contributed by atoms with van der Waals surface area (Å²) in [5.74, 6) is -0.952. The molecule has 0 saturated carbocycles. The molecule has 2 fully saturated rings. The van der Waals surface area contributed by atoms with Crippen LogP contribution in [0, 0.1) is 10.8 Å². The van der Waals surface area contributed by atoms with Gasteiger partial charge in [0.25, 0.3) is 5.79 Å². The average Bonchev–Trinajstić information content (AvgIpc) is 3.09. The first-order chi connectivity index (χ1) is 13.6. The molecule has 2 saturated heterocycles. The highest BCUT2D eigenvalue weighted by atomic mass is 32.1. The normalized spacial score (nSPS) is 28.3. The minimum Gasteiger partial charge on any atom is -0.508 e. The van der Waals surface area contributed by atoms with Crippen molar-refractivity contribution < 1.29 is 19.6 Å². The summed E-state index contributed by atoms with van der Waals surface area (Å²) in [5, 5.41) is 11.2. The topological polar surface area (TPSA) is 60.8 Å². The number of aromatic nitrogens is 1. The van der Waals surface area contributed by atoms with Gasteiger partial charge in [-0.05, 0) is 30.3 Å². The molecule has 2 aliphatic heterocycles. The quantitative estimate of drug-likeness (QED) is 0.554. The van der Waals surface area contributed by atoms with E-state index >= 15 is 0 Å². The lowest BCUT2D eigenvalue weighted by molar-refractivity contribution is -0.626. The summed E-state index contributed by atoms with van der Waals surface area (Å²) in [7, 11) is 0. The van der Waals surface area contributed by atoms with Crippen LogP contribution in [0.4, 0.5) is 0 Å². The van der Waals surface area contributed by atoms with E-state index in [-0.39, 0.29) is 16.6 Å². The van der Waals surface area contributed by atoms with Crippen LogP contribution in [0.1, 0.15) is 40.2 Å². The standard InChI is InChI=1S/C23H25NO4S/c1-20(2,3)23-21(4,5)13-26-22(23,27-28-23)16-12-14(25)10-11-15(16)19-24-17-8-6-7-9-18(17)29-19/h6-12,25H,13H2,1-5H3. The summed E-state index contributed by atoms with van der Waals surface area (Å²) in [6, 6.07) is 13.4. The number of hydrogen-bond acceptors (Lipinski definition) is 6. The fourth-order valence-corrected chi connectivity index (χ4v) is 6.20. The zero-order valence-corrected chi connectivity index (χ0v) is 18.1. The van der Waals surface area contributed by atoms with Gasteiger partial charge in [0.05, 0.1) is 16.8 Å². The first kappa shape index (κ1) is 19.0. The zero-order chi connectivity index (χ0) is 20.7. The van der Waals surface area contributed by atoms with Crippen LogP contribution in [-0.4, -0.2) is 22.3 Å². The van der Waals surface area contributed by atoms with E-state index in [1.165, 1.54) is 0 Å². The van der Waals surface area contributed by atoms with Crippen LogP contribution < -0.4 is 0 Å². The van der Waals surface area contributed by atoms with E-state index in [0.717, 1.165) is 26.4 Å². The molecule has 0 radical (unpaired) electrons. The molecule has 1 aromatic heterocycles. The number of hydrogen-bond donors (Lipinski definition) is 1. The molecule has 2 aliphatic rings. The van der Waals surface area contributed by atoms with E-state index < -0.39 is 11.4 Å². The molecule has 0 bridgehead atoms. The molecule has 2 aromatic carbocycles. The largest absolute Gasteiger partial charge is 0.508 e. The van der Waals surface area contributed by atoms with Crippen molar-refractivity contribution in [1.82, 2.24) is 4.98 Å². The molecule has 0 spiro atoms. The smallest absolute Gasteiger partial charge is 0.262 e. The minimum atomic E-state index is -1.11. The summed E-state index contributed by atoms with van der Waals surface area (Å²) in [6.07, 6.45) is 0. The van der Waals surface area contributed by atoms with E-state index in [1.54, 1.807) is 23.5 Å². The number of thiazole rings is 1. The summed E-state index contributed by atoms with van der Waals surface area (Å²) in [4.78, 5) is 16.6. The molecule has 0 amide bonds. The predicted octanol–water partition coefficient (Wildman–Crippen LogP) is 5.62. The summed E-state index contributed by atoms with van der Waals surface area (Å²) >= 11 is 1.61.